The van der Waals surface area contributed by atoms with Crippen molar-refractivity contribution in [2.75, 3.05) is 0 Å². The number of esters is 1. The smallest absolute Gasteiger partial charge is 0.331 e. The Labute approximate surface area is 146 Å². The summed E-state index contributed by atoms with van der Waals surface area (Å²) in [5.41, 5.74) is 0.695. The van der Waals surface area contributed by atoms with Crippen molar-refractivity contribution >= 4 is 12.3 Å². The van der Waals surface area contributed by atoms with Gasteiger partial charge in [-0.3, -0.25) is 0 Å². The third-order valence-electron chi connectivity index (χ3n) is 5.89. The number of hydrogen-bond acceptors (Lipinski definition) is 3. The van der Waals surface area contributed by atoms with Crippen LogP contribution >= 0.6 is 0 Å². The molecule has 2 aliphatic rings. The van der Waals surface area contributed by atoms with Gasteiger partial charge in [-0.25, -0.2) is 4.79 Å². The first-order valence-corrected chi connectivity index (χ1v) is 9.06. The molecule has 0 aromatic carbocycles. The molecule has 0 radical (unpaired) electrons. The Morgan fingerprint density at radius 3 is 2.50 bits per heavy atom. The standard InChI is InChI=1S/C21H32O3/c1-19(2,3)24-18(23)11-9-15-8-10-17-20(4,5)12-7-13-21(17,6)16(15)14-22/h8-9,11,14,16-17H,7,10,12-13H2,1-6H3/b11-9+/t16-,17-,21+/m0/s1. The first kappa shape index (κ1) is 19.0. The van der Waals surface area contributed by atoms with E-state index in [2.05, 4.69) is 26.8 Å². The highest BCUT2D eigenvalue weighted by Gasteiger charge is 2.52. The Hall–Kier alpha value is -1.38. The molecular formula is C21H32O3. The zero-order valence-corrected chi connectivity index (χ0v) is 16.0. The summed E-state index contributed by atoms with van der Waals surface area (Å²) in [6, 6.07) is 0. The highest BCUT2D eigenvalue weighted by atomic mass is 16.6. The molecular weight excluding hydrogens is 300 g/mol. The molecule has 2 rings (SSSR count). The largest absolute Gasteiger partial charge is 0.457 e. The van der Waals surface area contributed by atoms with E-state index in [9.17, 15) is 9.59 Å². The number of carbonyl (C=O) groups is 2. The summed E-state index contributed by atoms with van der Waals surface area (Å²) < 4.78 is 5.32. The third kappa shape index (κ3) is 3.81. The van der Waals surface area contributed by atoms with Crippen LogP contribution in [-0.4, -0.2) is 17.9 Å². The third-order valence-corrected chi connectivity index (χ3v) is 5.89. The van der Waals surface area contributed by atoms with Crippen molar-refractivity contribution < 1.29 is 14.3 Å². The molecule has 0 aromatic rings. The van der Waals surface area contributed by atoms with Gasteiger partial charge in [0.2, 0.25) is 0 Å². The molecule has 0 spiro atoms. The molecule has 24 heavy (non-hydrogen) atoms. The summed E-state index contributed by atoms with van der Waals surface area (Å²) in [5, 5.41) is 0. The number of aldehydes is 1. The number of allylic oxidation sites excluding steroid dienone is 3. The van der Waals surface area contributed by atoms with Crippen LogP contribution in [0.5, 0.6) is 0 Å². The average molecular weight is 332 g/mol. The molecule has 0 amide bonds. The van der Waals surface area contributed by atoms with Crippen molar-refractivity contribution in [3.05, 3.63) is 23.8 Å². The van der Waals surface area contributed by atoms with E-state index in [1.807, 2.05) is 20.8 Å². The maximum absolute atomic E-state index is 11.9. The lowest BCUT2D eigenvalue weighted by atomic mass is 9.49. The fourth-order valence-corrected chi connectivity index (χ4v) is 4.79. The summed E-state index contributed by atoms with van der Waals surface area (Å²) in [6.07, 6.45) is 10.9. The highest BCUT2D eigenvalue weighted by Crippen LogP contribution is 2.59. The lowest BCUT2D eigenvalue weighted by Gasteiger charge is -2.55. The minimum Gasteiger partial charge on any atom is -0.457 e. The van der Waals surface area contributed by atoms with Crippen LogP contribution in [0.1, 0.15) is 67.2 Å². The molecule has 0 unspecified atom stereocenters. The van der Waals surface area contributed by atoms with Gasteiger partial charge in [-0.2, -0.15) is 0 Å². The first-order valence-electron chi connectivity index (χ1n) is 9.06. The van der Waals surface area contributed by atoms with Gasteiger partial charge in [0.15, 0.2) is 0 Å². The summed E-state index contributed by atoms with van der Waals surface area (Å²) >= 11 is 0. The van der Waals surface area contributed by atoms with Crippen molar-refractivity contribution in [3.63, 3.8) is 0 Å². The fourth-order valence-electron chi connectivity index (χ4n) is 4.79. The second-order valence-corrected chi connectivity index (χ2v) is 9.32. The van der Waals surface area contributed by atoms with E-state index in [0.29, 0.717) is 5.92 Å². The summed E-state index contributed by atoms with van der Waals surface area (Å²) in [6.45, 7) is 12.5. The molecule has 134 valence electrons. The van der Waals surface area contributed by atoms with Crippen molar-refractivity contribution in [1.82, 2.24) is 0 Å². The molecule has 2 aliphatic carbocycles. The summed E-state index contributed by atoms with van der Waals surface area (Å²) in [4.78, 5) is 23.9. The number of carbonyl (C=O) groups excluding carboxylic acids is 2. The summed E-state index contributed by atoms with van der Waals surface area (Å²) in [7, 11) is 0. The van der Waals surface area contributed by atoms with Crippen molar-refractivity contribution in [2.24, 2.45) is 22.7 Å². The van der Waals surface area contributed by atoms with Crippen LogP contribution < -0.4 is 0 Å². The van der Waals surface area contributed by atoms with Crippen LogP contribution in [0.25, 0.3) is 0 Å². The lowest BCUT2D eigenvalue weighted by molar-refractivity contribution is -0.148. The van der Waals surface area contributed by atoms with E-state index in [4.69, 9.17) is 4.74 Å². The molecule has 3 heteroatoms. The van der Waals surface area contributed by atoms with E-state index < -0.39 is 5.60 Å². The summed E-state index contributed by atoms with van der Waals surface area (Å²) in [5.74, 6) is 0.00596. The molecule has 1 fully saturated rings. The molecule has 0 saturated heterocycles. The van der Waals surface area contributed by atoms with Gasteiger partial charge in [0.05, 0.1) is 0 Å². The maximum Gasteiger partial charge on any atom is 0.331 e. The van der Waals surface area contributed by atoms with Gasteiger partial charge in [0, 0.05) is 12.0 Å². The van der Waals surface area contributed by atoms with Gasteiger partial charge in [-0.15, -0.1) is 0 Å². The highest BCUT2D eigenvalue weighted by molar-refractivity contribution is 5.83. The number of hydrogen-bond donors (Lipinski definition) is 0. The van der Waals surface area contributed by atoms with E-state index in [1.54, 1.807) is 6.08 Å². The number of ether oxygens (including phenoxy) is 1. The van der Waals surface area contributed by atoms with Gasteiger partial charge in [0.1, 0.15) is 11.9 Å². The fraction of sp³-hybridized carbons (Fsp3) is 0.714. The Morgan fingerprint density at radius 1 is 1.25 bits per heavy atom. The van der Waals surface area contributed by atoms with Gasteiger partial charge in [0.25, 0.3) is 0 Å². The normalized spacial score (nSPS) is 32.8. The van der Waals surface area contributed by atoms with Crippen molar-refractivity contribution in [3.8, 4) is 0 Å². The van der Waals surface area contributed by atoms with Gasteiger partial charge in [-0.05, 0) is 62.4 Å². The van der Waals surface area contributed by atoms with Crippen LogP contribution in [0.3, 0.4) is 0 Å². The molecule has 0 N–H and O–H groups in total. The first-order chi connectivity index (χ1) is 11.0. The van der Waals surface area contributed by atoms with Crippen LogP contribution in [0, 0.1) is 22.7 Å². The average Bonchev–Trinajstić information content (AvgIpc) is 2.41. The second kappa shape index (κ2) is 6.50. The van der Waals surface area contributed by atoms with Gasteiger partial charge < -0.3 is 9.53 Å². The molecule has 0 aromatic heterocycles. The molecule has 0 bridgehead atoms. The van der Waals surface area contributed by atoms with Crippen LogP contribution in [0.2, 0.25) is 0 Å². The van der Waals surface area contributed by atoms with Gasteiger partial charge >= 0.3 is 5.97 Å². The Bertz CT molecular complexity index is 562. The Morgan fingerprint density at radius 2 is 1.92 bits per heavy atom. The monoisotopic (exact) mass is 332 g/mol. The topological polar surface area (TPSA) is 43.4 Å². The SMILES string of the molecule is CC(C)(C)OC(=O)/C=C/C1=CC[C@H]2C(C)(C)CCC[C@]2(C)[C@H]1C=O. The molecule has 3 atom stereocenters. The Balaban J connectivity index is 2.24. The minimum atomic E-state index is -0.503. The quantitative estimate of drug-likeness (QED) is 0.421. The number of rotatable bonds is 3. The predicted molar refractivity (Wildman–Crippen MR) is 96.5 cm³/mol. The number of fused-ring (bicyclic) bond motifs is 1. The van der Waals surface area contributed by atoms with Crippen molar-refractivity contribution in [1.29, 1.82) is 0 Å². The van der Waals surface area contributed by atoms with E-state index in [1.165, 1.54) is 12.5 Å². The maximum atomic E-state index is 11.9. The van der Waals surface area contributed by atoms with E-state index in [0.717, 1.165) is 31.1 Å². The van der Waals surface area contributed by atoms with Crippen LogP contribution in [0.15, 0.2) is 23.8 Å². The lowest BCUT2D eigenvalue weighted by Crippen LogP contribution is -2.49. The zero-order valence-electron chi connectivity index (χ0n) is 16.0. The molecule has 3 nitrogen and oxygen atoms in total. The Kier molecular flexibility index (Phi) is 5.13. The van der Waals surface area contributed by atoms with Gasteiger partial charge in [-0.1, -0.05) is 39.3 Å². The minimum absolute atomic E-state index is 0.0220. The van der Waals surface area contributed by atoms with Crippen LogP contribution in [0.4, 0.5) is 0 Å². The van der Waals surface area contributed by atoms with Crippen LogP contribution in [-0.2, 0) is 14.3 Å². The van der Waals surface area contributed by atoms with Crippen molar-refractivity contribution in [2.45, 2.75) is 72.8 Å². The second-order valence-electron chi connectivity index (χ2n) is 9.32. The van der Waals surface area contributed by atoms with E-state index in [-0.39, 0.29) is 22.7 Å². The molecule has 0 aliphatic heterocycles. The molecule has 0 heterocycles. The molecule has 1 saturated carbocycles. The zero-order chi connectivity index (χ0) is 18.2. The predicted octanol–water partition coefficient (Wildman–Crippen LogP) is 4.86. The van der Waals surface area contributed by atoms with E-state index >= 15 is 0 Å².